The summed E-state index contributed by atoms with van der Waals surface area (Å²) >= 11 is 0. The number of amides is 1. The number of rotatable bonds is 5. The lowest BCUT2D eigenvalue weighted by Crippen LogP contribution is -2.53. The lowest BCUT2D eigenvalue weighted by atomic mass is 9.67. The Balaban J connectivity index is 1.54. The Morgan fingerprint density at radius 3 is 2.42 bits per heavy atom. The van der Waals surface area contributed by atoms with Crippen molar-refractivity contribution < 1.29 is 24.2 Å². The Labute approximate surface area is 182 Å². The molecule has 6 heteroatoms. The molecule has 1 aliphatic heterocycles. The third-order valence-electron chi connectivity index (χ3n) is 6.73. The molecule has 0 radical (unpaired) electrons. The molecule has 164 valence electrons. The quantitative estimate of drug-likeness (QED) is 0.718. The van der Waals surface area contributed by atoms with Gasteiger partial charge < -0.3 is 19.5 Å². The van der Waals surface area contributed by atoms with Crippen molar-refractivity contribution >= 4 is 12.1 Å². The second-order valence-corrected chi connectivity index (χ2v) is 8.55. The van der Waals surface area contributed by atoms with E-state index in [4.69, 9.17) is 9.47 Å². The van der Waals surface area contributed by atoms with Gasteiger partial charge in [0.25, 0.3) is 0 Å². The van der Waals surface area contributed by atoms with Gasteiger partial charge in [-0.3, -0.25) is 0 Å². The minimum atomic E-state index is -0.778. The number of aliphatic hydroxyl groups is 1. The molecule has 2 fully saturated rings. The Morgan fingerprint density at radius 1 is 1.10 bits per heavy atom. The van der Waals surface area contributed by atoms with E-state index in [2.05, 4.69) is 0 Å². The molecule has 1 heterocycles. The molecule has 1 unspecified atom stereocenters. The van der Waals surface area contributed by atoms with E-state index in [0.29, 0.717) is 24.9 Å². The number of ether oxygens (including phenoxy) is 2. The first kappa shape index (κ1) is 21.4. The van der Waals surface area contributed by atoms with Gasteiger partial charge in [-0.2, -0.15) is 0 Å². The van der Waals surface area contributed by atoms with Crippen molar-refractivity contribution in [1.29, 1.82) is 0 Å². The third-order valence-corrected chi connectivity index (χ3v) is 6.73. The number of piperidine rings is 1. The highest BCUT2D eigenvalue weighted by Crippen LogP contribution is 2.47. The largest absolute Gasteiger partial charge is 0.465 e. The van der Waals surface area contributed by atoms with Gasteiger partial charge in [0.1, 0.15) is 6.61 Å². The predicted octanol–water partition coefficient (Wildman–Crippen LogP) is 4.48. The summed E-state index contributed by atoms with van der Waals surface area (Å²) in [5.74, 6) is -0.118. The van der Waals surface area contributed by atoms with Crippen LogP contribution < -0.4 is 0 Å². The van der Waals surface area contributed by atoms with E-state index >= 15 is 0 Å². The molecular weight excluding hydrogens is 394 g/mol. The van der Waals surface area contributed by atoms with E-state index in [1.807, 2.05) is 42.5 Å². The number of carbonyl (C=O) groups is 2. The van der Waals surface area contributed by atoms with Crippen LogP contribution in [0.5, 0.6) is 0 Å². The summed E-state index contributed by atoms with van der Waals surface area (Å²) in [6, 6.07) is 16.3. The van der Waals surface area contributed by atoms with E-state index in [1.165, 1.54) is 7.11 Å². The van der Waals surface area contributed by atoms with Crippen LogP contribution in [0.1, 0.15) is 59.6 Å². The molecule has 0 aromatic heterocycles. The summed E-state index contributed by atoms with van der Waals surface area (Å²) in [5, 5.41) is 11.4. The second-order valence-electron chi connectivity index (χ2n) is 8.55. The van der Waals surface area contributed by atoms with Crippen LogP contribution in [-0.2, 0) is 16.1 Å². The SMILES string of the molecule is COC(=O)c1ccc([C@@H]2CC(O)(C3CCC3)CCN2C(=O)OCc2ccccc2)cc1. The fourth-order valence-electron chi connectivity index (χ4n) is 4.61. The number of carbonyl (C=O) groups excluding carboxylic acids is 2. The third kappa shape index (κ3) is 4.59. The normalized spacial score (nSPS) is 23.7. The fraction of sp³-hybridized carbons (Fsp3) is 0.440. The van der Waals surface area contributed by atoms with E-state index in [9.17, 15) is 14.7 Å². The van der Waals surface area contributed by atoms with Crippen molar-refractivity contribution in [2.45, 2.75) is 50.4 Å². The van der Waals surface area contributed by atoms with Gasteiger partial charge in [0.2, 0.25) is 0 Å². The molecule has 0 spiro atoms. The topological polar surface area (TPSA) is 76.1 Å². The second kappa shape index (κ2) is 9.10. The van der Waals surface area contributed by atoms with E-state index in [-0.39, 0.29) is 24.7 Å². The van der Waals surface area contributed by atoms with Crippen molar-refractivity contribution in [3.05, 3.63) is 71.3 Å². The van der Waals surface area contributed by atoms with E-state index in [1.54, 1.807) is 17.0 Å². The van der Waals surface area contributed by atoms with Crippen LogP contribution in [0.2, 0.25) is 0 Å². The van der Waals surface area contributed by atoms with Gasteiger partial charge in [-0.05, 0) is 48.4 Å². The molecule has 1 aliphatic carbocycles. The van der Waals surface area contributed by atoms with Gasteiger partial charge in [-0.25, -0.2) is 9.59 Å². The molecule has 31 heavy (non-hydrogen) atoms. The summed E-state index contributed by atoms with van der Waals surface area (Å²) in [4.78, 5) is 26.5. The lowest BCUT2D eigenvalue weighted by Gasteiger charge is -2.49. The standard InChI is InChI=1S/C25H29NO5/c1-30-23(27)20-12-10-19(11-13-20)22-16-25(29,21-8-5-9-21)14-15-26(22)24(28)31-17-18-6-3-2-4-7-18/h2-4,6-7,10-13,21-22,29H,5,8-9,14-17H2,1H3/t22-,25?/m0/s1. The van der Waals surface area contributed by atoms with Crippen LogP contribution in [0.15, 0.2) is 54.6 Å². The molecule has 4 rings (SSSR count). The Hall–Kier alpha value is -2.86. The minimum Gasteiger partial charge on any atom is -0.465 e. The van der Waals surface area contributed by atoms with Crippen molar-refractivity contribution in [1.82, 2.24) is 4.90 Å². The predicted molar refractivity (Wildman–Crippen MR) is 115 cm³/mol. The lowest BCUT2D eigenvalue weighted by molar-refractivity contribution is -0.105. The van der Waals surface area contributed by atoms with Crippen LogP contribution in [0.4, 0.5) is 4.79 Å². The van der Waals surface area contributed by atoms with Crippen LogP contribution >= 0.6 is 0 Å². The molecule has 6 nitrogen and oxygen atoms in total. The molecule has 2 atom stereocenters. The maximum absolute atomic E-state index is 13.0. The number of hydrogen-bond donors (Lipinski definition) is 1. The fourth-order valence-corrected chi connectivity index (χ4v) is 4.61. The molecule has 2 aromatic rings. The van der Waals surface area contributed by atoms with Gasteiger partial charge in [0, 0.05) is 13.0 Å². The van der Waals surface area contributed by atoms with Crippen molar-refractivity contribution in [2.75, 3.05) is 13.7 Å². The highest BCUT2D eigenvalue weighted by Gasteiger charge is 2.47. The monoisotopic (exact) mass is 423 g/mol. The van der Waals surface area contributed by atoms with Gasteiger partial charge in [0.15, 0.2) is 0 Å². The zero-order valence-corrected chi connectivity index (χ0v) is 17.8. The minimum absolute atomic E-state index is 0.205. The molecule has 1 saturated heterocycles. The first-order chi connectivity index (χ1) is 15.0. The van der Waals surface area contributed by atoms with Crippen LogP contribution in [0.25, 0.3) is 0 Å². The molecule has 1 N–H and O–H groups in total. The number of esters is 1. The summed E-state index contributed by atoms with van der Waals surface area (Å²) in [7, 11) is 1.35. The molecule has 2 aromatic carbocycles. The van der Waals surface area contributed by atoms with Crippen LogP contribution in [0.3, 0.4) is 0 Å². The number of nitrogens with zero attached hydrogens (tertiary/aromatic N) is 1. The van der Waals surface area contributed by atoms with Crippen LogP contribution in [0, 0.1) is 5.92 Å². The summed E-state index contributed by atoms with van der Waals surface area (Å²) in [6.07, 6.45) is 3.84. The number of methoxy groups -OCH3 is 1. The first-order valence-electron chi connectivity index (χ1n) is 10.9. The molecular formula is C25H29NO5. The van der Waals surface area contributed by atoms with Crippen LogP contribution in [-0.4, -0.2) is 41.3 Å². The Kier molecular flexibility index (Phi) is 6.28. The first-order valence-corrected chi connectivity index (χ1v) is 10.9. The van der Waals surface area contributed by atoms with Crippen molar-refractivity contribution in [3.63, 3.8) is 0 Å². The summed E-state index contributed by atoms with van der Waals surface area (Å²) in [5.41, 5.74) is 1.48. The zero-order valence-electron chi connectivity index (χ0n) is 17.8. The van der Waals surface area contributed by atoms with Crippen molar-refractivity contribution in [2.24, 2.45) is 5.92 Å². The average Bonchev–Trinajstić information content (AvgIpc) is 2.76. The zero-order chi connectivity index (χ0) is 21.8. The molecule has 1 amide bonds. The molecule has 2 aliphatic rings. The Bertz CT molecular complexity index is 909. The Morgan fingerprint density at radius 2 is 1.81 bits per heavy atom. The van der Waals surface area contributed by atoms with Gasteiger partial charge >= 0.3 is 12.1 Å². The number of hydrogen-bond acceptors (Lipinski definition) is 5. The molecule has 1 saturated carbocycles. The van der Waals surface area contributed by atoms with E-state index < -0.39 is 11.6 Å². The number of benzene rings is 2. The van der Waals surface area contributed by atoms with Gasteiger partial charge in [-0.15, -0.1) is 0 Å². The van der Waals surface area contributed by atoms with Crippen molar-refractivity contribution in [3.8, 4) is 0 Å². The van der Waals surface area contributed by atoms with E-state index in [0.717, 1.165) is 30.4 Å². The maximum Gasteiger partial charge on any atom is 0.410 e. The maximum atomic E-state index is 13.0. The highest BCUT2D eigenvalue weighted by atomic mass is 16.6. The smallest absolute Gasteiger partial charge is 0.410 e. The van der Waals surface area contributed by atoms with Gasteiger partial charge in [-0.1, -0.05) is 48.9 Å². The average molecular weight is 424 g/mol. The van der Waals surface area contributed by atoms with Gasteiger partial charge in [0.05, 0.1) is 24.3 Å². The summed E-state index contributed by atoms with van der Waals surface area (Å²) < 4.78 is 10.4. The molecule has 0 bridgehead atoms. The number of likely N-dealkylation sites (tertiary alicyclic amines) is 1. The highest BCUT2D eigenvalue weighted by molar-refractivity contribution is 5.89. The summed E-state index contributed by atoms with van der Waals surface area (Å²) in [6.45, 7) is 0.640.